The van der Waals surface area contributed by atoms with Crippen LogP contribution in [0.1, 0.15) is 40.5 Å². The molecule has 0 aliphatic carbocycles. The molecule has 1 saturated heterocycles. The summed E-state index contributed by atoms with van der Waals surface area (Å²) in [6.45, 7) is 2.37. The Morgan fingerprint density at radius 1 is 1.28 bits per heavy atom. The number of nitrogens with one attached hydrogen (secondary N) is 1. The molecule has 1 aliphatic rings. The summed E-state index contributed by atoms with van der Waals surface area (Å²) in [4.78, 5) is 26.4. The van der Waals surface area contributed by atoms with E-state index in [-0.39, 0.29) is 23.8 Å². The Labute approximate surface area is 146 Å². The van der Waals surface area contributed by atoms with Crippen LogP contribution in [0.2, 0.25) is 0 Å². The van der Waals surface area contributed by atoms with E-state index in [1.165, 1.54) is 0 Å². The van der Waals surface area contributed by atoms with Gasteiger partial charge in [0.25, 0.3) is 5.91 Å². The number of nitrogens with zero attached hydrogens (tertiary/aromatic N) is 5. The van der Waals surface area contributed by atoms with E-state index in [0.717, 1.165) is 17.7 Å². The van der Waals surface area contributed by atoms with Gasteiger partial charge in [0.05, 0.1) is 24.0 Å². The van der Waals surface area contributed by atoms with Crippen LogP contribution in [-0.2, 0) is 18.9 Å². The summed E-state index contributed by atoms with van der Waals surface area (Å²) in [5.74, 6) is 0.141. The van der Waals surface area contributed by atoms with Gasteiger partial charge in [-0.1, -0.05) is 0 Å². The van der Waals surface area contributed by atoms with Gasteiger partial charge in [-0.25, -0.2) is 0 Å². The molecule has 8 heteroatoms. The summed E-state index contributed by atoms with van der Waals surface area (Å²) in [6.07, 6.45) is 6.55. The standard InChI is InChI=1S/C17H24N6O2/c1-11-14(9-20-23(11)4)17(25)18-7-12-5-6-15(24)22(3)16(12)13-8-19-21(2)10-13/h8-10,12,16H,5-7H2,1-4H3,(H,18,25)/t12-,16+/m1/s1. The van der Waals surface area contributed by atoms with Crippen LogP contribution in [0.15, 0.2) is 18.6 Å². The van der Waals surface area contributed by atoms with Crippen LogP contribution in [0, 0.1) is 12.8 Å². The monoisotopic (exact) mass is 344 g/mol. The van der Waals surface area contributed by atoms with Gasteiger partial charge in [-0.15, -0.1) is 0 Å². The number of carbonyl (C=O) groups excluding carboxylic acids is 2. The summed E-state index contributed by atoms with van der Waals surface area (Å²) in [5, 5.41) is 11.3. The number of carbonyl (C=O) groups is 2. The van der Waals surface area contributed by atoms with E-state index in [1.54, 1.807) is 26.7 Å². The molecule has 1 fully saturated rings. The van der Waals surface area contributed by atoms with Crippen molar-refractivity contribution in [3.63, 3.8) is 0 Å². The fraction of sp³-hybridized carbons (Fsp3) is 0.529. The van der Waals surface area contributed by atoms with E-state index in [4.69, 9.17) is 0 Å². The predicted molar refractivity (Wildman–Crippen MR) is 91.7 cm³/mol. The van der Waals surface area contributed by atoms with E-state index >= 15 is 0 Å². The molecule has 8 nitrogen and oxygen atoms in total. The van der Waals surface area contributed by atoms with Crippen molar-refractivity contribution in [2.75, 3.05) is 13.6 Å². The molecule has 3 rings (SSSR count). The zero-order valence-corrected chi connectivity index (χ0v) is 15.1. The van der Waals surface area contributed by atoms with Crippen LogP contribution < -0.4 is 5.32 Å². The van der Waals surface area contributed by atoms with Crippen LogP contribution in [0.3, 0.4) is 0 Å². The lowest BCUT2D eigenvalue weighted by molar-refractivity contribution is -0.136. The normalized spacial score (nSPS) is 20.8. The van der Waals surface area contributed by atoms with Crippen LogP contribution in [0.5, 0.6) is 0 Å². The highest BCUT2D eigenvalue weighted by molar-refractivity contribution is 5.95. The van der Waals surface area contributed by atoms with Gasteiger partial charge in [0.15, 0.2) is 0 Å². The van der Waals surface area contributed by atoms with Gasteiger partial charge in [0.2, 0.25) is 5.91 Å². The maximum atomic E-state index is 12.5. The predicted octanol–water partition coefficient (Wildman–Crippen LogP) is 0.802. The van der Waals surface area contributed by atoms with Crippen molar-refractivity contribution in [2.24, 2.45) is 20.0 Å². The first kappa shape index (κ1) is 17.2. The minimum absolute atomic E-state index is 0.0785. The first-order valence-corrected chi connectivity index (χ1v) is 8.39. The maximum absolute atomic E-state index is 12.5. The van der Waals surface area contributed by atoms with E-state index < -0.39 is 0 Å². The number of aromatic nitrogens is 4. The van der Waals surface area contributed by atoms with Crippen molar-refractivity contribution >= 4 is 11.8 Å². The molecular weight excluding hydrogens is 320 g/mol. The van der Waals surface area contributed by atoms with Gasteiger partial charge in [-0.05, 0) is 13.3 Å². The number of aryl methyl sites for hydroxylation is 2. The summed E-state index contributed by atoms with van der Waals surface area (Å²) in [7, 11) is 5.49. The summed E-state index contributed by atoms with van der Waals surface area (Å²) < 4.78 is 3.41. The number of hydrogen-bond acceptors (Lipinski definition) is 4. The number of likely N-dealkylation sites (tertiary alicyclic amines) is 1. The van der Waals surface area contributed by atoms with Crippen LogP contribution in [-0.4, -0.2) is 49.9 Å². The number of amides is 2. The fourth-order valence-electron chi connectivity index (χ4n) is 3.46. The lowest BCUT2D eigenvalue weighted by atomic mass is 9.85. The van der Waals surface area contributed by atoms with Crippen molar-refractivity contribution in [3.8, 4) is 0 Å². The summed E-state index contributed by atoms with van der Waals surface area (Å²) >= 11 is 0. The molecule has 2 atom stereocenters. The molecule has 0 saturated carbocycles. The van der Waals surface area contributed by atoms with E-state index in [0.29, 0.717) is 18.5 Å². The lowest BCUT2D eigenvalue weighted by Crippen LogP contribution is -2.44. The summed E-state index contributed by atoms with van der Waals surface area (Å²) in [6, 6.07) is -0.0785. The lowest BCUT2D eigenvalue weighted by Gasteiger charge is -2.38. The van der Waals surface area contributed by atoms with Gasteiger partial charge in [-0.3, -0.25) is 19.0 Å². The second-order valence-electron chi connectivity index (χ2n) is 6.67. The van der Waals surface area contributed by atoms with Crippen LogP contribution in [0.25, 0.3) is 0 Å². The number of piperidine rings is 1. The molecule has 2 amide bonds. The van der Waals surface area contributed by atoms with Gasteiger partial charge in [0.1, 0.15) is 0 Å². The molecule has 25 heavy (non-hydrogen) atoms. The summed E-state index contributed by atoms with van der Waals surface area (Å²) in [5.41, 5.74) is 2.41. The molecule has 0 aromatic carbocycles. The Kier molecular flexibility index (Phi) is 4.61. The highest BCUT2D eigenvalue weighted by atomic mass is 16.2. The van der Waals surface area contributed by atoms with E-state index in [9.17, 15) is 9.59 Å². The van der Waals surface area contributed by atoms with Crippen LogP contribution in [0.4, 0.5) is 0 Å². The molecule has 134 valence electrons. The topological polar surface area (TPSA) is 85.1 Å². The van der Waals surface area contributed by atoms with Crippen molar-refractivity contribution in [3.05, 3.63) is 35.4 Å². The quantitative estimate of drug-likeness (QED) is 0.889. The molecule has 2 aromatic rings. The Morgan fingerprint density at radius 3 is 2.64 bits per heavy atom. The molecular formula is C17H24N6O2. The Morgan fingerprint density at radius 2 is 2.04 bits per heavy atom. The minimum atomic E-state index is -0.130. The molecule has 2 aromatic heterocycles. The first-order chi connectivity index (χ1) is 11.9. The molecule has 3 heterocycles. The van der Waals surface area contributed by atoms with E-state index in [2.05, 4.69) is 15.5 Å². The first-order valence-electron chi connectivity index (χ1n) is 8.39. The third-order valence-corrected chi connectivity index (χ3v) is 5.06. The molecule has 0 unspecified atom stereocenters. The average Bonchev–Trinajstić information content (AvgIpc) is 3.15. The molecule has 0 spiro atoms. The third-order valence-electron chi connectivity index (χ3n) is 5.06. The van der Waals surface area contributed by atoms with Crippen molar-refractivity contribution in [1.29, 1.82) is 0 Å². The average molecular weight is 344 g/mol. The Balaban J connectivity index is 1.74. The van der Waals surface area contributed by atoms with Gasteiger partial charge >= 0.3 is 0 Å². The zero-order valence-electron chi connectivity index (χ0n) is 15.1. The van der Waals surface area contributed by atoms with Gasteiger partial charge in [0, 0.05) is 57.5 Å². The van der Waals surface area contributed by atoms with Crippen molar-refractivity contribution in [2.45, 2.75) is 25.8 Å². The van der Waals surface area contributed by atoms with Crippen LogP contribution >= 0.6 is 0 Å². The highest BCUT2D eigenvalue weighted by Gasteiger charge is 2.35. The third kappa shape index (κ3) is 3.29. The minimum Gasteiger partial charge on any atom is -0.352 e. The maximum Gasteiger partial charge on any atom is 0.254 e. The number of hydrogen-bond donors (Lipinski definition) is 1. The van der Waals surface area contributed by atoms with Gasteiger partial charge in [-0.2, -0.15) is 10.2 Å². The highest BCUT2D eigenvalue weighted by Crippen LogP contribution is 2.35. The second-order valence-corrected chi connectivity index (χ2v) is 6.67. The molecule has 1 aliphatic heterocycles. The Hall–Kier alpha value is -2.64. The molecule has 0 radical (unpaired) electrons. The zero-order chi connectivity index (χ0) is 18.1. The largest absolute Gasteiger partial charge is 0.352 e. The SMILES string of the molecule is Cc1c(C(=O)NC[C@H]2CCC(=O)N(C)[C@@H]2c2cnn(C)c2)cnn1C. The molecule has 0 bridgehead atoms. The van der Waals surface area contributed by atoms with E-state index in [1.807, 2.05) is 34.3 Å². The fourth-order valence-corrected chi connectivity index (χ4v) is 3.46. The van der Waals surface area contributed by atoms with Gasteiger partial charge < -0.3 is 10.2 Å². The number of rotatable bonds is 4. The smallest absolute Gasteiger partial charge is 0.254 e. The second kappa shape index (κ2) is 6.70. The Bertz CT molecular complexity index is 793. The molecule has 1 N–H and O–H groups in total. The van der Waals surface area contributed by atoms with Crippen molar-refractivity contribution < 1.29 is 9.59 Å². The van der Waals surface area contributed by atoms with Crippen molar-refractivity contribution in [1.82, 2.24) is 29.8 Å².